The van der Waals surface area contributed by atoms with Crippen molar-refractivity contribution in [2.45, 2.75) is 19.4 Å². The molecule has 0 spiro atoms. The lowest BCUT2D eigenvalue weighted by Gasteiger charge is -2.11. The molecule has 0 bridgehead atoms. The summed E-state index contributed by atoms with van der Waals surface area (Å²) in [4.78, 5) is 0. The fourth-order valence-electron chi connectivity index (χ4n) is 1.62. The highest BCUT2D eigenvalue weighted by molar-refractivity contribution is 5.46. The minimum atomic E-state index is -0.283. The van der Waals surface area contributed by atoms with Crippen molar-refractivity contribution in [3.05, 3.63) is 23.8 Å². The SMILES string of the molecule is CCCNC(C#N)c1ccc2c(c1)OCO2. The summed E-state index contributed by atoms with van der Waals surface area (Å²) in [5, 5.41) is 12.2. The first kappa shape index (κ1) is 10.8. The lowest BCUT2D eigenvalue weighted by Crippen LogP contribution is -2.20. The van der Waals surface area contributed by atoms with Crippen molar-refractivity contribution >= 4 is 0 Å². The summed E-state index contributed by atoms with van der Waals surface area (Å²) < 4.78 is 10.5. The molecule has 1 aliphatic heterocycles. The van der Waals surface area contributed by atoms with Gasteiger partial charge >= 0.3 is 0 Å². The highest BCUT2D eigenvalue weighted by Crippen LogP contribution is 2.34. The second-order valence-electron chi connectivity index (χ2n) is 3.63. The van der Waals surface area contributed by atoms with Gasteiger partial charge in [-0.05, 0) is 30.7 Å². The highest BCUT2D eigenvalue weighted by Gasteiger charge is 2.17. The molecule has 1 aromatic carbocycles. The first-order valence-corrected chi connectivity index (χ1v) is 5.37. The van der Waals surface area contributed by atoms with Crippen LogP contribution in [-0.4, -0.2) is 13.3 Å². The molecule has 1 atom stereocenters. The molecule has 0 saturated heterocycles. The molecule has 1 heterocycles. The fraction of sp³-hybridized carbons (Fsp3) is 0.417. The molecule has 4 heteroatoms. The van der Waals surface area contributed by atoms with E-state index < -0.39 is 0 Å². The van der Waals surface area contributed by atoms with E-state index in [0.29, 0.717) is 0 Å². The molecular weight excluding hydrogens is 204 g/mol. The van der Waals surface area contributed by atoms with E-state index >= 15 is 0 Å². The summed E-state index contributed by atoms with van der Waals surface area (Å²) in [5.74, 6) is 1.46. The van der Waals surface area contributed by atoms with Crippen molar-refractivity contribution in [3.63, 3.8) is 0 Å². The molecule has 2 rings (SSSR count). The predicted octanol–water partition coefficient (Wildman–Crippen LogP) is 1.98. The average molecular weight is 218 g/mol. The van der Waals surface area contributed by atoms with E-state index in [1.165, 1.54) is 0 Å². The lowest BCUT2D eigenvalue weighted by atomic mass is 10.1. The summed E-state index contributed by atoms with van der Waals surface area (Å²) >= 11 is 0. The molecule has 16 heavy (non-hydrogen) atoms. The van der Waals surface area contributed by atoms with Crippen LogP contribution in [0.4, 0.5) is 0 Å². The number of fused-ring (bicyclic) bond motifs is 1. The van der Waals surface area contributed by atoms with Crippen LogP contribution in [0.15, 0.2) is 18.2 Å². The van der Waals surface area contributed by atoms with Gasteiger partial charge in [-0.1, -0.05) is 13.0 Å². The third kappa shape index (κ3) is 2.10. The van der Waals surface area contributed by atoms with Crippen molar-refractivity contribution in [1.82, 2.24) is 5.32 Å². The molecule has 84 valence electrons. The van der Waals surface area contributed by atoms with Crippen LogP contribution in [0.3, 0.4) is 0 Å². The van der Waals surface area contributed by atoms with E-state index in [9.17, 15) is 0 Å². The van der Waals surface area contributed by atoms with Crippen LogP contribution in [0.1, 0.15) is 24.9 Å². The first-order valence-electron chi connectivity index (χ1n) is 5.37. The van der Waals surface area contributed by atoms with Crippen molar-refractivity contribution in [1.29, 1.82) is 5.26 Å². The van der Waals surface area contributed by atoms with Crippen LogP contribution in [0.2, 0.25) is 0 Å². The van der Waals surface area contributed by atoms with Gasteiger partial charge in [-0.2, -0.15) is 5.26 Å². The van der Waals surface area contributed by atoms with Crippen LogP contribution < -0.4 is 14.8 Å². The van der Waals surface area contributed by atoms with Crippen molar-refractivity contribution < 1.29 is 9.47 Å². The Labute approximate surface area is 94.8 Å². The van der Waals surface area contributed by atoms with Crippen LogP contribution in [0.5, 0.6) is 11.5 Å². The van der Waals surface area contributed by atoms with Gasteiger partial charge in [-0.15, -0.1) is 0 Å². The summed E-state index contributed by atoms with van der Waals surface area (Å²) in [5.41, 5.74) is 0.917. The zero-order valence-electron chi connectivity index (χ0n) is 9.19. The lowest BCUT2D eigenvalue weighted by molar-refractivity contribution is 0.174. The first-order chi connectivity index (χ1) is 7.85. The smallest absolute Gasteiger partial charge is 0.231 e. The van der Waals surface area contributed by atoms with Crippen LogP contribution in [-0.2, 0) is 0 Å². The summed E-state index contributed by atoms with van der Waals surface area (Å²) in [6.45, 7) is 3.16. The second-order valence-corrected chi connectivity index (χ2v) is 3.63. The van der Waals surface area contributed by atoms with E-state index in [2.05, 4.69) is 18.3 Å². The van der Waals surface area contributed by atoms with Gasteiger partial charge in [-0.3, -0.25) is 5.32 Å². The Bertz CT molecular complexity index is 412. The minimum Gasteiger partial charge on any atom is -0.454 e. The zero-order chi connectivity index (χ0) is 11.4. The number of ether oxygens (including phenoxy) is 2. The molecule has 1 aliphatic rings. The Morgan fingerprint density at radius 2 is 2.25 bits per heavy atom. The van der Waals surface area contributed by atoms with Gasteiger partial charge in [0.05, 0.1) is 6.07 Å². The summed E-state index contributed by atoms with van der Waals surface area (Å²) in [6.07, 6.45) is 1.00. The fourth-order valence-corrected chi connectivity index (χ4v) is 1.62. The molecule has 1 aromatic rings. The molecule has 4 nitrogen and oxygen atoms in total. The second kappa shape index (κ2) is 4.86. The number of hydrogen-bond acceptors (Lipinski definition) is 4. The number of nitriles is 1. The Morgan fingerprint density at radius 3 is 3.00 bits per heavy atom. The maximum absolute atomic E-state index is 9.07. The van der Waals surface area contributed by atoms with Gasteiger partial charge in [0.25, 0.3) is 0 Å². The third-order valence-corrected chi connectivity index (χ3v) is 2.46. The quantitative estimate of drug-likeness (QED) is 0.839. The number of rotatable bonds is 4. The molecule has 0 aliphatic carbocycles. The van der Waals surface area contributed by atoms with Crippen molar-refractivity contribution in [3.8, 4) is 17.6 Å². The van der Waals surface area contributed by atoms with E-state index in [4.69, 9.17) is 14.7 Å². The molecule has 0 radical (unpaired) electrons. The van der Waals surface area contributed by atoms with Crippen LogP contribution in [0.25, 0.3) is 0 Å². The molecule has 0 saturated carbocycles. The predicted molar refractivity (Wildman–Crippen MR) is 59.2 cm³/mol. The van der Waals surface area contributed by atoms with E-state index in [0.717, 1.165) is 30.0 Å². The van der Waals surface area contributed by atoms with E-state index in [-0.39, 0.29) is 12.8 Å². The Kier molecular flexibility index (Phi) is 3.28. The number of hydrogen-bond donors (Lipinski definition) is 1. The number of nitrogens with zero attached hydrogens (tertiary/aromatic N) is 1. The molecule has 1 N–H and O–H groups in total. The van der Waals surface area contributed by atoms with Gasteiger partial charge < -0.3 is 9.47 Å². The van der Waals surface area contributed by atoms with Gasteiger partial charge in [0.2, 0.25) is 6.79 Å². The van der Waals surface area contributed by atoms with Crippen LogP contribution in [0, 0.1) is 11.3 Å². The molecule has 1 unspecified atom stereocenters. The van der Waals surface area contributed by atoms with Gasteiger partial charge in [-0.25, -0.2) is 0 Å². The monoisotopic (exact) mass is 218 g/mol. The topological polar surface area (TPSA) is 54.3 Å². The van der Waals surface area contributed by atoms with E-state index in [1.807, 2.05) is 18.2 Å². The maximum Gasteiger partial charge on any atom is 0.231 e. The Hall–Kier alpha value is -1.73. The maximum atomic E-state index is 9.07. The largest absolute Gasteiger partial charge is 0.454 e. The molecule has 0 amide bonds. The van der Waals surface area contributed by atoms with Crippen molar-refractivity contribution in [2.24, 2.45) is 0 Å². The van der Waals surface area contributed by atoms with Crippen molar-refractivity contribution in [2.75, 3.05) is 13.3 Å². The summed E-state index contributed by atoms with van der Waals surface area (Å²) in [7, 11) is 0. The summed E-state index contributed by atoms with van der Waals surface area (Å²) in [6, 6.07) is 7.55. The normalized spacial score (nSPS) is 14.5. The van der Waals surface area contributed by atoms with Crippen LogP contribution >= 0.6 is 0 Å². The zero-order valence-corrected chi connectivity index (χ0v) is 9.19. The standard InChI is InChI=1S/C12H14N2O2/c1-2-5-14-10(7-13)9-3-4-11-12(6-9)16-8-15-11/h3-4,6,10,14H,2,5,8H2,1H3. The molecule has 0 aromatic heterocycles. The van der Waals surface area contributed by atoms with Gasteiger partial charge in [0.1, 0.15) is 6.04 Å². The number of nitrogens with one attached hydrogen (secondary N) is 1. The average Bonchev–Trinajstić information content (AvgIpc) is 2.77. The Morgan fingerprint density at radius 1 is 1.44 bits per heavy atom. The van der Waals surface area contributed by atoms with Gasteiger partial charge in [0.15, 0.2) is 11.5 Å². The van der Waals surface area contributed by atoms with Gasteiger partial charge in [0, 0.05) is 0 Å². The highest BCUT2D eigenvalue weighted by atomic mass is 16.7. The number of benzene rings is 1. The molecule has 0 fully saturated rings. The Balaban J connectivity index is 2.16. The minimum absolute atomic E-state index is 0.262. The molecular formula is C12H14N2O2. The van der Waals surface area contributed by atoms with E-state index in [1.54, 1.807) is 0 Å². The third-order valence-electron chi connectivity index (χ3n) is 2.46.